The molecule has 162 valence electrons. The Labute approximate surface area is 189 Å². The van der Waals surface area contributed by atoms with Crippen LogP contribution in [0.3, 0.4) is 0 Å². The second kappa shape index (κ2) is 9.49. The van der Waals surface area contributed by atoms with Gasteiger partial charge in [0.05, 0.1) is 29.8 Å². The van der Waals surface area contributed by atoms with Gasteiger partial charge in [-0.25, -0.2) is 0 Å². The van der Waals surface area contributed by atoms with E-state index in [0.29, 0.717) is 34.9 Å². The molecule has 0 saturated heterocycles. The predicted molar refractivity (Wildman–Crippen MR) is 126 cm³/mol. The van der Waals surface area contributed by atoms with Crippen molar-refractivity contribution in [3.63, 3.8) is 0 Å². The molecule has 0 atom stereocenters. The maximum absolute atomic E-state index is 13.3. The molecule has 32 heavy (non-hydrogen) atoms. The van der Waals surface area contributed by atoms with Crippen molar-refractivity contribution in [3.8, 4) is 16.3 Å². The first-order valence-corrected chi connectivity index (χ1v) is 10.8. The largest absolute Gasteiger partial charge is 0.495 e. The van der Waals surface area contributed by atoms with Crippen LogP contribution in [0.5, 0.6) is 5.75 Å². The number of benzene rings is 2. The van der Waals surface area contributed by atoms with Gasteiger partial charge in [0.2, 0.25) is 5.91 Å². The van der Waals surface area contributed by atoms with Gasteiger partial charge in [0.1, 0.15) is 11.4 Å². The van der Waals surface area contributed by atoms with E-state index in [-0.39, 0.29) is 11.8 Å². The minimum Gasteiger partial charge on any atom is -0.495 e. The fourth-order valence-corrected chi connectivity index (χ4v) is 4.03. The summed E-state index contributed by atoms with van der Waals surface area (Å²) in [5, 5.41) is 12.3. The zero-order valence-corrected chi connectivity index (χ0v) is 18.5. The summed E-state index contributed by atoms with van der Waals surface area (Å²) in [6.07, 6.45) is 1.75. The number of carbonyl (C=O) groups is 2. The first-order valence-electron chi connectivity index (χ1n) is 9.95. The number of anilines is 2. The van der Waals surface area contributed by atoms with E-state index >= 15 is 0 Å². The molecule has 0 spiro atoms. The van der Waals surface area contributed by atoms with Crippen LogP contribution in [0.4, 0.5) is 11.4 Å². The van der Waals surface area contributed by atoms with Crippen molar-refractivity contribution in [2.75, 3.05) is 17.7 Å². The number of nitrogens with zero attached hydrogens (tertiary/aromatic N) is 2. The van der Waals surface area contributed by atoms with Gasteiger partial charge in [-0.05, 0) is 35.2 Å². The third-order valence-corrected chi connectivity index (χ3v) is 5.59. The minimum absolute atomic E-state index is 0.199. The number of rotatable bonds is 7. The van der Waals surface area contributed by atoms with Crippen molar-refractivity contribution in [2.24, 2.45) is 0 Å². The van der Waals surface area contributed by atoms with Crippen LogP contribution in [0.1, 0.15) is 22.8 Å². The monoisotopic (exact) mass is 446 g/mol. The molecule has 0 aliphatic carbocycles. The van der Waals surface area contributed by atoms with E-state index in [4.69, 9.17) is 4.74 Å². The lowest BCUT2D eigenvalue weighted by atomic mass is 10.2. The molecule has 0 bridgehead atoms. The Kier molecular flexibility index (Phi) is 6.32. The lowest BCUT2D eigenvalue weighted by Crippen LogP contribution is -2.14. The summed E-state index contributed by atoms with van der Waals surface area (Å²) in [7, 11) is 1.53. The number of aromatic nitrogens is 2. The standard InChI is InChI=1S/C24H22N4O3S/c1-16(29)25-18-10-11-21(31-2)20(13-18)26-24(30)19-15-28(14-17-7-4-3-5-8-17)27-23(19)22-9-6-12-32-22/h3-13,15H,14H2,1-2H3,(H,25,29)(H,26,30). The van der Waals surface area contributed by atoms with E-state index in [9.17, 15) is 9.59 Å². The molecule has 0 fully saturated rings. The average molecular weight is 447 g/mol. The van der Waals surface area contributed by atoms with E-state index in [2.05, 4.69) is 15.7 Å². The third-order valence-electron chi connectivity index (χ3n) is 4.72. The highest BCUT2D eigenvalue weighted by Crippen LogP contribution is 2.31. The Morgan fingerprint density at radius 2 is 1.88 bits per heavy atom. The topological polar surface area (TPSA) is 85.3 Å². The summed E-state index contributed by atoms with van der Waals surface area (Å²) in [6, 6.07) is 18.9. The first kappa shape index (κ1) is 21.3. The number of hydrogen-bond acceptors (Lipinski definition) is 5. The molecule has 2 aromatic heterocycles. The summed E-state index contributed by atoms with van der Waals surface area (Å²) in [5.74, 6) is -0.0256. The predicted octanol–water partition coefficient (Wildman–Crippen LogP) is 4.88. The third kappa shape index (κ3) is 4.87. The molecule has 0 aliphatic heterocycles. The maximum atomic E-state index is 13.3. The molecule has 2 N–H and O–H groups in total. The fraction of sp³-hybridized carbons (Fsp3) is 0.125. The van der Waals surface area contributed by atoms with Gasteiger partial charge >= 0.3 is 0 Å². The SMILES string of the molecule is COc1ccc(NC(C)=O)cc1NC(=O)c1cn(Cc2ccccc2)nc1-c1cccs1. The molecule has 0 saturated carbocycles. The molecule has 4 aromatic rings. The number of hydrogen-bond donors (Lipinski definition) is 2. The lowest BCUT2D eigenvalue weighted by molar-refractivity contribution is -0.114. The van der Waals surface area contributed by atoms with Crippen LogP contribution in [0.15, 0.2) is 72.2 Å². The Hall–Kier alpha value is -3.91. The van der Waals surface area contributed by atoms with Gasteiger partial charge < -0.3 is 15.4 Å². The van der Waals surface area contributed by atoms with Crippen LogP contribution in [-0.2, 0) is 11.3 Å². The van der Waals surface area contributed by atoms with E-state index in [1.165, 1.54) is 25.4 Å². The van der Waals surface area contributed by atoms with E-state index in [1.807, 2.05) is 47.8 Å². The van der Waals surface area contributed by atoms with Crippen LogP contribution in [0, 0.1) is 0 Å². The highest BCUT2D eigenvalue weighted by Gasteiger charge is 2.20. The van der Waals surface area contributed by atoms with Crippen LogP contribution < -0.4 is 15.4 Å². The van der Waals surface area contributed by atoms with Crippen LogP contribution in [0.2, 0.25) is 0 Å². The van der Waals surface area contributed by atoms with Gasteiger partial charge in [0.25, 0.3) is 5.91 Å². The number of thiophene rings is 1. The zero-order chi connectivity index (χ0) is 22.5. The van der Waals surface area contributed by atoms with E-state index in [1.54, 1.807) is 29.1 Å². The molecule has 4 rings (SSSR count). The normalized spacial score (nSPS) is 10.6. The quantitative estimate of drug-likeness (QED) is 0.424. The van der Waals surface area contributed by atoms with Crippen molar-refractivity contribution in [3.05, 3.63) is 83.4 Å². The van der Waals surface area contributed by atoms with Crippen molar-refractivity contribution in [1.82, 2.24) is 9.78 Å². The summed E-state index contributed by atoms with van der Waals surface area (Å²) >= 11 is 1.52. The zero-order valence-electron chi connectivity index (χ0n) is 17.7. The molecule has 0 unspecified atom stereocenters. The second-order valence-electron chi connectivity index (χ2n) is 7.10. The molecule has 0 aliphatic rings. The number of amides is 2. The summed E-state index contributed by atoms with van der Waals surface area (Å²) in [4.78, 5) is 25.6. The minimum atomic E-state index is -0.314. The van der Waals surface area contributed by atoms with Gasteiger partial charge in [-0.2, -0.15) is 5.10 Å². The Balaban J connectivity index is 1.66. The molecule has 7 nitrogen and oxygen atoms in total. The van der Waals surface area contributed by atoms with E-state index < -0.39 is 0 Å². The fourth-order valence-electron chi connectivity index (χ4n) is 3.31. The summed E-state index contributed by atoms with van der Waals surface area (Å²) in [6.45, 7) is 1.98. The van der Waals surface area contributed by atoms with Crippen LogP contribution in [0.25, 0.3) is 10.6 Å². The highest BCUT2D eigenvalue weighted by molar-refractivity contribution is 7.13. The van der Waals surface area contributed by atoms with E-state index in [0.717, 1.165) is 10.4 Å². The van der Waals surface area contributed by atoms with Gasteiger partial charge in [-0.15, -0.1) is 11.3 Å². The lowest BCUT2D eigenvalue weighted by Gasteiger charge is -2.12. The van der Waals surface area contributed by atoms with Crippen molar-refractivity contribution in [1.29, 1.82) is 0 Å². The van der Waals surface area contributed by atoms with Gasteiger partial charge in [-0.1, -0.05) is 36.4 Å². The number of nitrogens with one attached hydrogen (secondary N) is 2. The summed E-state index contributed by atoms with van der Waals surface area (Å²) < 4.78 is 7.15. The van der Waals surface area contributed by atoms with Gasteiger partial charge in [0.15, 0.2) is 0 Å². The molecule has 2 amide bonds. The van der Waals surface area contributed by atoms with Crippen LogP contribution >= 0.6 is 11.3 Å². The van der Waals surface area contributed by atoms with Crippen LogP contribution in [-0.4, -0.2) is 28.7 Å². The average Bonchev–Trinajstić information content (AvgIpc) is 3.44. The first-order chi connectivity index (χ1) is 15.5. The van der Waals surface area contributed by atoms with Gasteiger partial charge in [0, 0.05) is 18.8 Å². The molecular weight excluding hydrogens is 424 g/mol. The van der Waals surface area contributed by atoms with Crippen molar-refractivity contribution >= 4 is 34.5 Å². The Bertz CT molecular complexity index is 1230. The summed E-state index contributed by atoms with van der Waals surface area (Å²) in [5.41, 5.74) is 3.17. The molecule has 2 heterocycles. The molecule has 0 radical (unpaired) electrons. The number of methoxy groups -OCH3 is 1. The van der Waals surface area contributed by atoms with Gasteiger partial charge in [-0.3, -0.25) is 14.3 Å². The Morgan fingerprint density at radius 3 is 2.56 bits per heavy atom. The molecular formula is C24H22N4O3S. The smallest absolute Gasteiger partial charge is 0.259 e. The number of ether oxygens (including phenoxy) is 1. The second-order valence-corrected chi connectivity index (χ2v) is 8.05. The number of carbonyl (C=O) groups excluding carboxylic acids is 2. The Morgan fingerprint density at radius 1 is 1.06 bits per heavy atom. The van der Waals surface area contributed by atoms with Crippen molar-refractivity contribution < 1.29 is 14.3 Å². The molecule has 8 heteroatoms. The molecule has 2 aromatic carbocycles. The maximum Gasteiger partial charge on any atom is 0.259 e. The highest BCUT2D eigenvalue weighted by atomic mass is 32.1. The van der Waals surface area contributed by atoms with Crippen molar-refractivity contribution in [2.45, 2.75) is 13.5 Å².